The molecule has 0 heterocycles. The van der Waals surface area contributed by atoms with Crippen LogP contribution in [0.2, 0.25) is 0 Å². The molecule has 4 heteroatoms. The van der Waals surface area contributed by atoms with E-state index in [-0.39, 0.29) is 5.92 Å². The number of methoxy groups -OCH3 is 2. The highest BCUT2D eigenvalue weighted by atomic mass is 16.5. The molecule has 2 aromatic carbocycles. The highest BCUT2D eigenvalue weighted by molar-refractivity contribution is 5.34. The van der Waals surface area contributed by atoms with Crippen LogP contribution in [0.4, 0.5) is 0 Å². The second kappa shape index (κ2) is 7.94. The van der Waals surface area contributed by atoms with Gasteiger partial charge < -0.3 is 14.2 Å². The summed E-state index contributed by atoms with van der Waals surface area (Å²) in [5.41, 5.74) is 0.945. The van der Waals surface area contributed by atoms with Crippen LogP contribution in [0.1, 0.15) is 17.9 Å². The Balaban J connectivity index is 1.91. The van der Waals surface area contributed by atoms with Crippen LogP contribution < -0.4 is 14.2 Å². The van der Waals surface area contributed by atoms with Gasteiger partial charge in [0.05, 0.1) is 32.8 Å². The Morgan fingerprint density at radius 3 is 2.27 bits per heavy atom. The summed E-state index contributed by atoms with van der Waals surface area (Å²) in [5, 5.41) is 9.35. The number of hydrogen-bond acceptors (Lipinski definition) is 4. The zero-order valence-electron chi connectivity index (χ0n) is 12.8. The molecule has 0 bridgehead atoms. The first-order valence-electron chi connectivity index (χ1n) is 7.07. The molecule has 0 saturated heterocycles. The van der Waals surface area contributed by atoms with Crippen LogP contribution in [0.5, 0.6) is 17.2 Å². The lowest BCUT2D eigenvalue weighted by atomic mass is 9.97. The van der Waals surface area contributed by atoms with Gasteiger partial charge in [0.1, 0.15) is 17.2 Å². The van der Waals surface area contributed by atoms with Gasteiger partial charge in [-0.2, -0.15) is 5.26 Å². The number of ether oxygens (including phenoxy) is 3. The first-order valence-corrected chi connectivity index (χ1v) is 7.07. The van der Waals surface area contributed by atoms with E-state index in [9.17, 15) is 5.26 Å². The van der Waals surface area contributed by atoms with Crippen molar-refractivity contribution < 1.29 is 14.2 Å². The molecule has 22 heavy (non-hydrogen) atoms. The van der Waals surface area contributed by atoms with Crippen LogP contribution in [0, 0.1) is 11.3 Å². The quantitative estimate of drug-likeness (QED) is 0.780. The summed E-state index contributed by atoms with van der Waals surface area (Å²) in [4.78, 5) is 0. The van der Waals surface area contributed by atoms with E-state index < -0.39 is 0 Å². The van der Waals surface area contributed by atoms with Crippen LogP contribution in [-0.2, 0) is 0 Å². The fourth-order valence-corrected chi connectivity index (χ4v) is 2.13. The number of rotatable bonds is 7. The van der Waals surface area contributed by atoms with Gasteiger partial charge in [-0.15, -0.1) is 0 Å². The maximum Gasteiger partial charge on any atom is 0.119 e. The molecule has 0 aliphatic carbocycles. The average Bonchev–Trinajstić information content (AvgIpc) is 2.59. The van der Waals surface area contributed by atoms with Gasteiger partial charge in [0, 0.05) is 6.42 Å². The SMILES string of the molecule is COc1ccc(OCCC(C#N)c2cccc(OC)c2)cc1. The third kappa shape index (κ3) is 4.16. The molecule has 0 fully saturated rings. The van der Waals surface area contributed by atoms with Crippen molar-refractivity contribution in [2.24, 2.45) is 0 Å². The van der Waals surface area contributed by atoms with Crippen LogP contribution >= 0.6 is 0 Å². The van der Waals surface area contributed by atoms with Gasteiger partial charge in [0.2, 0.25) is 0 Å². The number of nitriles is 1. The molecule has 0 saturated carbocycles. The zero-order valence-corrected chi connectivity index (χ0v) is 12.8. The minimum atomic E-state index is -0.214. The predicted octanol–water partition coefficient (Wildman–Crippen LogP) is 3.78. The van der Waals surface area contributed by atoms with E-state index in [1.54, 1.807) is 14.2 Å². The van der Waals surface area contributed by atoms with Crippen molar-refractivity contribution in [1.29, 1.82) is 5.26 Å². The molecule has 0 spiro atoms. The van der Waals surface area contributed by atoms with Crippen molar-refractivity contribution in [2.45, 2.75) is 12.3 Å². The molecule has 114 valence electrons. The van der Waals surface area contributed by atoms with Crippen molar-refractivity contribution in [1.82, 2.24) is 0 Å². The summed E-state index contributed by atoms with van der Waals surface area (Å²) in [6.07, 6.45) is 0.621. The Labute approximate surface area is 130 Å². The summed E-state index contributed by atoms with van der Waals surface area (Å²) < 4.78 is 16.0. The largest absolute Gasteiger partial charge is 0.497 e. The molecule has 0 aromatic heterocycles. The van der Waals surface area contributed by atoms with Crippen LogP contribution in [0.3, 0.4) is 0 Å². The first kappa shape index (κ1) is 15.7. The number of benzene rings is 2. The van der Waals surface area contributed by atoms with Crippen molar-refractivity contribution in [2.75, 3.05) is 20.8 Å². The van der Waals surface area contributed by atoms with Gasteiger partial charge in [-0.3, -0.25) is 0 Å². The van der Waals surface area contributed by atoms with Gasteiger partial charge in [-0.05, 0) is 42.0 Å². The maximum atomic E-state index is 9.35. The monoisotopic (exact) mass is 297 g/mol. The Morgan fingerprint density at radius 2 is 1.64 bits per heavy atom. The summed E-state index contributed by atoms with van der Waals surface area (Å²) >= 11 is 0. The lowest BCUT2D eigenvalue weighted by Crippen LogP contribution is -2.04. The van der Waals surface area contributed by atoms with Gasteiger partial charge in [-0.1, -0.05) is 12.1 Å². The second-order valence-electron chi connectivity index (χ2n) is 4.77. The molecule has 1 unspecified atom stereocenters. The molecule has 2 aromatic rings. The summed E-state index contributed by atoms with van der Waals surface area (Å²) in [6, 6.07) is 17.3. The van der Waals surface area contributed by atoms with E-state index in [2.05, 4.69) is 6.07 Å². The highest BCUT2D eigenvalue weighted by Gasteiger charge is 2.11. The number of nitrogens with zero attached hydrogens (tertiary/aromatic N) is 1. The Hall–Kier alpha value is -2.67. The summed E-state index contributed by atoms with van der Waals surface area (Å²) in [5.74, 6) is 2.10. The van der Waals surface area contributed by atoms with Gasteiger partial charge in [-0.25, -0.2) is 0 Å². The van der Waals surface area contributed by atoms with Gasteiger partial charge >= 0.3 is 0 Å². The normalized spacial score (nSPS) is 11.3. The van der Waals surface area contributed by atoms with Crippen LogP contribution in [-0.4, -0.2) is 20.8 Å². The van der Waals surface area contributed by atoms with Crippen LogP contribution in [0.25, 0.3) is 0 Å². The molecule has 0 aliphatic heterocycles. The Bertz CT molecular complexity index is 632. The highest BCUT2D eigenvalue weighted by Crippen LogP contribution is 2.24. The van der Waals surface area contributed by atoms with Crippen molar-refractivity contribution in [3.05, 3.63) is 54.1 Å². The fraction of sp³-hybridized carbons (Fsp3) is 0.278. The molecular formula is C18H19NO3. The third-order valence-corrected chi connectivity index (χ3v) is 3.39. The summed E-state index contributed by atoms with van der Waals surface area (Å²) in [6.45, 7) is 0.474. The minimum absolute atomic E-state index is 0.214. The molecular weight excluding hydrogens is 278 g/mol. The smallest absolute Gasteiger partial charge is 0.119 e. The zero-order chi connectivity index (χ0) is 15.8. The van der Waals surface area contributed by atoms with E-state index in [0.717, 1.165) is 22.8 Å². The Morgan fingerprint density at radius 1 is 0.955 bits per heavy atom. The fourth-order valence-electron chi connectivity index (χ4n) is 2.13. The van der Waals surface area contributed by atoms with Crippen molar-refractivity contribution in [3.63, 3.8) is 0 Å². The van der Waals surface area contributed by atoms with E-state index in [4.69, 9.17) is 14.2 Å². The molecule has 0 radical (unpaired) electrons. The van der Waals surface area contributed by atoms with Crippen molar-refractivity contribution in [3.8, 4) is 23.3 Å². The lowest BCUT2D eigenvalue weighted by Gasteiger charge is -2.12. The molecule has 0 amide bonds. The first-order chi connectivity index (χ1) is 10.8. The van der Waals surface area contributed by atoms with Crippen LogP contribution in [0.15, 0.2) is 48.5 Å². The maximum absolute atomic E-state index is 9.35. The van der Waals surface area contributed by atoms with Gasteiger partial charge in [0.15, 0.2) is 0 Å². The van der Waals surface area contributed by atoms with Crippen molar-refractivity contribution >= 4 is 0 Å². The minimum Gasteiger partial charge on any atom is -0.497 e. The lowest BCUT2D eigenvalue weighted by molar-refractivity contribution is 0.305. The standard InChI is InChI=1S/C18H19NO3/c1-20-16-6-8-17(9-7-16)22-11-10-15(13-19)14-4-3-5-18(12-14)21-2/h3-9,12,15H,10-11H2,1-2H3. The topological polar surface area (TPSA) is 51.5 Å². The number of hydrogen-bond donors (Lipinski definition) is 0. The Kier molecular flexibility index (Phi) is 5.67. The molecule has 0 aliphatic rings. The van der Waals surface area contributed by atoms with E-state index in [0.29, 0.717) is 13.0 Å². The van der Waals surface area contributed by atoms with E-state index >= 15 is 0 Å². The third-order valence-electron chi connectivity index (χ3n) is 3.39. The summed E-state index contributed by atoms with van der Waals surface area (Å²) in [7, 11) is 3.24. The predicted molar refractivity (Wildman–Crippen MR) is 84.5 cm³/mol. The molecule has 2 rings (SSSR count). The molecule has 0 N–H and O–H groups in total. The van der Waals surface area contributed by atoms with Gasteiger partial charge in [0.25, 0.3) is 0 Å². The van der Waals surface area contributed by atoms with E-state index in [1.807, 2.05) is 48.5 Å². The van der Waals surface area contributed by atoms with E-state index in [1.165, 1.54) is 0 Å². The molecule has 1 atom stereocenters. The average molecular weight is 297 g/mol. The molecule has 4 nitrogen and oxygen atoms in total. The second-order valence-corrected chi connectivity index (χ2v) is 4.77.